The minimum atomic E-state index is -0.476. The second kappa shape index (κ2) is 5.93. The lowest BCUT2D eigenvalue weighted by Crippen LogP contribution is -2.01. The third-order valence-electron chi connectivity index (χ3n) is 2.78. The first-order chi connectivity index (χ1) is 9.63. The molecule has 20 heavy (non-hydrogen) atoms. The van der Waals surface area contributed by atoms with Crippen molar-refractivity contribution in [3.8, 4) is 17.6 Å². The van der Waals surface area contributed by atoms with Gasteiger partial charge in [0.2, 0.25) is 0 Å². The van der Waals surface area contributed by atoms with Crippen molar-refractivity contribution in [1.29, 1.82) is 5.26 Å². The number of hydrogen-bond donors (Lipinski definition) is 1. The van der Waals surface area contributed by atoms with E-state index in [1.165, 1.54) is 12.1 Å². The number of nitrogens with two attached hydrogens (primary N) is 1. The molecule has 2 aromatic carbocycles. The number of benzene rings is 2. The number of rotatable bonds is 4. The third-order valence-corrected chi connectivity index (χ3v) is 2.78. The molecule has 0 atom stereocenters. The second-order valence-corrected chi connectivity index (χ2v) is 4.11. The van der Waals surface area contributed by atoms with Gasteiger partial charge in [-0.15, -0.1) is 0 Å². The van der Waals surface area contributed by atoms with Crippen LogP contribution in [-0.2, 0) is 6.61 Å². The summed E-state index contributed by atoms with van der Waals surface area (Å²) in [7, 11) is 1.54. The molecule has 102 valence electrons. The molecule has 4 nitrogen and oxygen atoms in total. The first-order valence-corrected chi connectivity index (χ1v) is 5.89. The lowest BCUT2D eigenvalue weighted by molar-refractivity contribution is 0.301. The Bertz CT molecular complexity index is 665. The van der Waals surface area contributed by atoms with Crippen molar-refractivity contribution in [1.82, 2.24) is 0 Å². The third kappa shape index (κ3) is 2.98. The van der Waals surface area contributed by atoms with Gasteiger partial charge in [-0.25, -0.2) is 4.39 Å². The Morgan fingerprint density at radius 1 is 1.25 bits per heavy atom. The van der Waals surface area contributed by atoms with E-state index in [1.54, 1.807) is 31.4 Å². The number of methoxy groups -OCH3 is 1. The number of halogens is 1. The largest absolute Gasteiger partial charge is 0.497 e. The summed E-state index contributed by atoms with van der Waals surface area (Å²) in [5, 5.41) is 8.67. The van der Waals surface area contributed by atoms with Crippen LogP contribution < -0.4 is 15.2 Å². The molecule has 5 heteroatoms. The van der Waals surface area contributed by atoms with Crippen molar-refractivity contribution >= 4 is 5.69 Å². The molecule has 0 radical (unpaired) electrons. The molecule has 0 aromatic heterocycles. The smallest absolute Gasteiger partial charge is 0.142 e. The average molecular weight is 272 g/mol. The Morgan fingerprint density at radius 3 is 2.65 bits per heavy atom. The molecular weight excluding hydrogens is 259 g/mol. The van der Waals surface area contributed by atoms with E-state index in [0.717, 1.165) is 0 Å². The van der Waals surface area contributed by atoms with Gasteiger partial charge in [0.25, 0.3) is 0 Å². The summed E-state index contributed by atoms with van der Waals surface area (Å²) in [5.41, 5.74) is 6.85. The highest BCUT2D eigenvalue weighted by Crippen LogP contribution is 2.27. The van der Waals surface area contributed by atoms with Crippen LogP contribution in [0.4, 0.5) is 10.1 Å². The van der Waals surface area contributed by atoms with Gasteiger partial charge in [-0.2, -0.15) is 5.26 Å². The summed E-state index contributed by atoms with van der Waals surface area (Å²) in [5.74, 6) is 0.602. The van der Waals surface area contributed by atoms with E-state index in [4.69, 9.17) is 20.5 Å². The van der Waals surface area contributed by atoms with E-state index in [9.17, 15) is 4.39 Å². The Labute approximate surface area is 116 Å². The molecule has 0 heterocycles. The molecular formula is C15H13FN2O2. The fourth-order valence-electron chi connectivity index (χ4n) is 1.67. The van der Waals surface area contributed by atoms with Gasteiger partial charge in [0.05, 0.1) is 24.4 Å². The quantitative estimate of drug-likeness (QED) is 0.869. The summed E-state index contributed by atoms with van der Waals surface area (Å²) < 4.78 is 24.2. The van der Waals surface area contributed by atoms with Crippen molar-refractivity contribution in [2.45, 2.75) is 6.61 Å². The van der Waals surface area contributed by atoms with E-state index >= 15 is 0 Å². The molecule has 0 amide bonds. The molecule has 0 fully saturated rings. The Morgan fingerprint density at radius 2 is 2.05 bits per heavy atom. The molecule has 2 aromatic rings. The zero-order valence-electron chi connectivity index (χ0n) is 10.9. The molecule has 0 aliphatic rings. The summed E-state index contributed by atoms with van der Waals surface area (Å²) in [6.45, 7) is 0.0358. The minimum Gasteiger partial charge on any atom is -0.497 e. The van der Waals surface area contributed by atoms with Gasteiger partial charge in [0.1, 0.15) is 23.9 Å². The number of hydrogen-bond acceptors (Lipinski definition) is 4. The van der Waals surface area contributed by atoms with Crippen molar-refractivity contribution < 1.29 is 13.9 Å². The molecule has 0 bridgehead atoms. The summed E-state index contributed by atoms with van der Waals surface area (Å²) in [6.07, 6.45) is 0. The zero-order valence-corrected chi connectivity index (χ0v) is 10.9. The van der Waals surface area contributed by atoms with Crippen LogP contribution in [0.2, 0.25) is 0 Å². The fourth-order valence-corrected chi connectivity index (χ4v) is 1.67. The predicted molar refractivity (Wildman–Crippen MR) is 72.9 cm³/mol. The number of nitriles is 1. The van der Waals surface area contributed by atoms with Crippen LogP contribution in [-0.4, -0.2) is 7.11 Å². The highest BCUT2D eigenvalue weighted by atomic mass is 19.1. The molecule has 0 aliphatic heterocycles. The van der Waals surface area contributed by atoms with Crippen LogP contribution in [0.25, 0.3) is 0 Å². The molecule has 2 rings (SSSR count). The molecule has 0 unspecified atom stereocenters. The molecule has 0 spiro atoms. The van der Waals surface area contributed by atoms with Gasteiger partial charge in [-0.3, -0.25) is 0 Å². The Hall–Kier alpha value is -2.74. The topological polar surface area (TPSA) is 68.3 Å². The van der Waals surface area contributed by atoms with Gasteiger partial charge in [-0.05, 0) is 24.3 Å². The molecule has 0 saturated heterocycles. The van der Waals surface area contributed by atoms with E-state index in [1.807, 2.05) is 6.07 Å². The Balaban J connectivity index is 2.11. The second-order valence-electron chi connectivity index (χ2n) is 4.11. The van der Waals surface area contributed by atoms with Gasteiger partial charge < -0.3 is 15.2 Å². The standard InChI is InChI=1S/C15H13FN2O2/c1-19-12-4-5-15(14(18)7-12)20-9-11-3-2-10(8-17)6-13(11)16/h2-7H,9,18H2,1H3. The Kier molecular flexibility index (Phi) is 4.06. The predicted octanol–water partition coefficient (Wildman–Crippen LogP) is 2.87. The highest BCUT2D eigenvalue weighted by molar-refractivity contribution is 5.56. The van der Waals surface area contributed by atoms with Gasteiger partial charge in [-0.1, -0.05) is 6.07 Å². The molecule has 0 saturated carbocycles. The van der Waals surface area contributed by atoms with E-state index in [2.05, 4.69) is 0 Å². The molecule has 0 aliphatic carbocycles. The zero-order chi connectivity index (χ0) is 14.5. The fraction of sp³-hybridized carbons (Fsp3) is 0.133. The first kappa shape index (κ1) is 13.7. The van der Waals surface area contributed by atoms with E-state index in [0.29, 0.717) is 22.7 Å². The van der Waals surface area contributed by atoms with Gasteiger partial charge in [0, 0.05) is 11.6 Å². The SMILES string of the molecule is COc1ccc(OCc2ccc(C#N)cc2F)c(N)c1. The van der Waals surface area contributed by atoms with Crippen LogP contribution >= 0.6 is 0 Å². The highest BCUT2D eigenvalue weighted by Gasteiger charge is 2.07. The maximum absolute atomic E-state index is 13.7. The van der Waals surface area contributed by atoms with Gasteiger partial charge >= 0.3 is 0 Å². The maximum atomic E-state index is 13.7. The number of nitrogen functional groups attached to an aromatic ring is 1. The lowest BCUT2D eigenvalue weighted by Gasteiger charge is -2.10. The van der Waals surface area contributed by atoms with Crippen LogP contribution in [0, 0.1) is 17.1 Å². The molecule has 2 N–H and O–H groups in total. The van der Waals surface area contributed by atoms with Crippen LogP contribution in [0.3, 0.4) is 0 Å². The van der Waals surface area contributed by atoms with Crippen molar-refractivity contribution in [2.75, 3.05) is 12.8 Å². The number of ether oxygens (including phenoxy) is 2. The van der Waals surface area contributed by atoms with Crippen LogP contribution in [0.5, 0.6) is 11.5 Å². The van der Waals surface area contributed by atoms with E-state index in [-0.39, 0.29) is 12.2 Å². The number of anilines is 1. The monoisotopic (exact) mass is 272 g/mol. The lowest BCUT2D eigenvalue weighted by atomic mass is 10.1. The van der Waals surface area contributed by atoms with Crippen LogP contribution in [0.1, 0.15) is 11.1 Å². The van der Waals surface area contributed by atoms with Crippen molar-refractivity contribution in [3.63, 3.8) is 0 Å². The van der Waals surface area contributed by atoms with Crippen molar-refractivity contribution in [2.24, 2.45) is 0 Å². The first-order valence-electron chi connectivity index (χ1n) is 5.89. The summed E-state index contributed by atoms with van der Waals surface area (Å²) in [6, 6.07) is 11.1. The van der Waals surface area contributed by atoms with Gasteiger partial charge in [0.15, 0.2) is 0 Å². The number of nitrogens with zero attached hydrogens (tertiary/aromatic N) is 1. The van der Waals surface area contributed by atoms with Crippen LogP contribution in [0.15, 0.2) is 36.4 Å². The van der Waals surface area contributed by atoms with E-state index < -0.39 is 5.82 Å². The summed E-state index contributed by atoms with van der Waals surface area (Å²) in [4.78, 5) is 0. The maximum Gasteiger partial charge on any atom is 0.142 e. The minimum absolute atomic E-state index is 0.0358. The van der Waals surface area contributed by atoms with Crippen molar-refractivity contribution in [3.05, 3.63) is 53.3 Å². The normalized spacial score (nSPS) is 9.85. The average Bonchev–Trinajstić information content (AvgIpc) is 2.46. The summed E-state index contributed by atoms with van der Waals surface area (Å²) >= 11 is 0.